The van der Waals surface area contributed by atoms with E-state index in [0.717, 1.165) is 5.69 Å². The van der Waals surface area contributed by atoms with Gasteiger partial charge in [-0.3, -0.25) is 0 Å². The van der Waals surface area contributed by atoms with Gasteiger partial charge in [-0.1, -0.05) is 46.5 Å². The van der Waals surface area contributed by atoms with Crippen molar-refractivity contribution in [3.8, 4) is 0 Å². The Hall–Kier alpha value is -0.440. The van der Waals surface area contributed by atoms with Gasteiger partial charge in [-0.25, -0.2) is 0 Å². The molecule has 0 aromatic carbocycles. The zero-order valence-corrected chi connectivity index (χ0v) is 10.2. The molecule has 0 amide bonds. The van der Waals surface area contributed by atoms with Gasteiger partial charge >= 0.3 is 0 Å². The van der Waals surface area contributed by atoms with E-state index in [1.807, 2.05) is 6.20 Å². The Labute approximate surface area is 91.1 Å². The molecule has 3 heteroatoms. The molecule has 0 N–H and O–H groups in total. The van der Waals surface area contributed by atoms with Gasteiger partial charge in [0.2, 0.25) is 0 Å². The van der Waals surface area contributed by atoms with Crippen LogP contribution >= 0.6 is 11.7 Å². The summed E-state index contributed by atoms with van der Waals surface area (Å²) in [5, 5.41) is 0. The van der Waals surface area contributed by atoms with Crippen LogP contribution < -0.4 is 0 Å². The number of aromatic nitrogens is 2. The summed E-state index contributed by atoms with van der Waals surface area (Å²) in [4.78, 5) is 0. The molecule has 1 rings (SSSR count). The second-order valence-electron chi connectivity index (χ2n) is 4.49. The van der Waals surface area contributed by atoms with Crippen LogP contribution in [0.2, 0.25) is 0 Å². The highest BCUT2D eigenvalue weighted by molar-refractivity contribution is 6.99. The van der Waals surface area contributed by atoms with Gasteiger partial charge in [-0.2, -0.15) is 8.75 Å². The van der Waals surface area contributed by atoms with Crippen molar-refractivity contribution in [3.05, 3.63) is 11.9 Å². The van der Waals surface area contributed by atoms with Crippen molar-refractivity contribution < 1.29 is 0 Å². The Bertz CT molecular complexity index is 242. The standard InChI is InChI=1S/C11H20N2S/c1-4-5-6-7-8-11(2,3)10-9-12-14-13-10/h9H,4-8H2,1-3H3. The van der Waals surface area contributed by atoms with Crippen LogP contribution in [0.15, 0.2) is 6.20 Å². The minimum absolute atomic E-state index is 0.209. The van der Waals surface area contributed by atoms with E-state index in [-0.39, 0.29) is 5.41 Å². The van der Waals surface area contributed by atoms with Crippen molar-refractivity contribution in [2.75, 3.05) is 0 Å². The van der Waals surface area contributed by atoms with Crippen molar-refractivity contribution in [1.29, 1.82) is 0 Å². The molecule has 0 aliphatic carbocycles. The molecule has 0 unspecified atom stereocenters. The molecule has 1 heterocycles. The van der Waals surface area contributed by atoms with E-state index in [4.69, 9.17) is 0 Å². The predicted octanol–water partition coefficient (Wildman–Crippen LogP) is 3.79. The first-order valence-electron chi connectivity index (χ1n) is 5.45. The first-order chi connectivity index (χ1) is 6.67. The molecule has 1 aromatic heterocycles. The average Bonchev–Trinajstić information content (AvgIpc) is 2.65. The lowest BCUT2D eigenvalue weighted by Gasteiger charge is -2.21. The number of rotatable bonds is 6. The first kappa shape index (κ1) is 11.6. The number of unbranched alkanes of at least 4 members (excludes halogenated alkanes) is 3. The third-order valence-electron chi connectivity index (χ3n) is 2.71. The van der Waals surface area contributed by atoms with Gasteiger partial charge in [0, 0.05) is 5.41 Å². The van der Waals surface area contributed by atoms with Crippen molar-refractivity contribution in [1.82, 2.24) is 8.75 Å². The SMILES string of the molecule is CCCCCCC(C)(C)c1cnsn1. The molecule has 80 valence electrons. The summed E-state index contributed by atoms with van der Waals surface area (Å²) in [7, 11) is 0. The number of nitrogens with zero attached hydrogens (tertiary/aromatic N) is 2. The molecule has 0 aliphatic rings. The molecule has 0 saturated carbocycles. The topological polar surface area (TPSA) is 25.8 Å². The fraction of sp³-hybridized carbons (Fsp3) is 0.818. The van der Waals surface area contributed by atoms with Crippen molar-refractivity contribution >= 4 is 11.7 Å². The van der Waals surface area contributed by atoms with E-state index in [9.17, 15) is 0 Å². The van der Waals surface area contributed by atoms with Crippen LogP contribution in [-0.2, 0) is 5.41 Å². The summed E-state index contributed by atoms with van der Waals surface area (Å²) < 4.78 is 8.38. The minimum Gasteiger partial charge on any atom is -0.181 e. The molecular formula is C11H20N2S. The maximum atomic E-state index is 4.32. The summed E-state index contributed by atoms with van der Waals surface area (Å²) in [6.07, 6.45) is 8.43. The highest BCUT2D eigenvalue weighted by Gasteiger charge is 2.22. The summed E-state index contributed by atoms with van der Waals surface area (Å²) in [6, 6.07) is 0. The number of hydrogen-bond acceptors (Lipinski definition) is 3. The van der Waals surface area contributed by atoms with Crippen LogP contribution in [0.3, 0.4) is 0 Å². The van der Waals surface area contributed by atoms with Crippen LogP contribution in [0.4, 0.5) is 0 Å². The van der Waals surface area contributed by atoms with Gasteiger partial charge in [0.1, 0.15) is 0 Å². The van der Waals surface area contributed by atoms with E-state index >= 15 is 0 Å². The maximum absolute atomic E-state index is 4.32. The van der Waals surface area contributed by atoms with Crippen molar-refractivity contribution in [2.45, 2.75) is 58.3 Å². The van der Waals surface area contributed by atoms with Gasteiger partial charge < -0.3 is 0 Å². The molecule has 0 radical (unpaired) electrons. The monoisotopic (exact) mass is 212 g/mol. The van der Waals surface area contributed by atoms with Crippen LogP contribution in [0.5, 0.6) is 0 Å². The van der Waals surface area contributed by atoms with E-state index in [1.54, 1.807) is 0 Å². The quantitative estimate of drug-likeness (QED) is 0.670. The summed E-state index contributed by atoms with van der Waals surface area (Å²) in [5.41, 5.74) is 1.36. The Morgan fingerprint density at radius 3 is 2.64 bits per heavy atom. The average molecular weight is 212 g/mol. The lowest BCUT2D eigenvalue weighted by molar-refractivity contribution is 0.438. The van der Waals surface area contributed by atoms with Gasteiger partial charge in [0.05, 0.1) is 23.6 Å². The van der Waals surface area contributed by atoms with E-state index in [2.05, 4.69) is 29.5 Å². The molecule has 0 fully saturated rings. The smallest absolute Gasteiger partial charge is 0.0799 e. The Kier molecular flexibility index (Phi) is 4.52. The fourth-order valence-electron chi connectivity index (χ4n) is 1.58. The molecule has 0 saturated heterocycles. The summed E-state index contributed by atoms with van der Waals surface area (Å²) >= 11 is 1.31. The van der Waals surface area contributed by atoms with Gasteiger partial charge in [-0.15, -0.1) is 0 Å². The zero-order chi connectivity index (χ0) is 10.4. The Morgan fingerprint density at radius 2 is 2.07 bits per heavy atom. The molecule has 0 aliphatic heterocycles. The second-order valence-corrected chi connectivity index (χ2v) is 5.04. The third-order valence-corrected chi connectivity index (χ3v) is 3.19. The summed E-state index contributed by atoms with van der Waals surface area (Å²) in [5.74, 6) is 0. The second kappa shape index (κ2) is 5.44. The van der Waals surface area contributed by atoms with Crippen molar-refractivity contribution in [3.63, 3.8) is 0 Å². The highest BCUT2D eigenvalue weighted by atomic mass is 32.1. The lowest BCUT2D eigenvalue weighted by Crippen LogP contribution is -2.17. The molecular weight excluding hydrogens is 192 g/mol. The molecule has 14 heavy (non-hydrogen) atoms. The normalized spacial score (nSPS) is 11.9. The zero-order valence-electron chi connectivity index (χ0n) is 9.42. The molecule has 0 bridgehead atoms. The number of hydrogen-bond donors (Lipinski definition) is 0. The highest BCUT2D eigenvalue weighted by Crippen LogP contribution is 2.27. The van der Waals surface area contributed by atoms with Crippen molar-refractivity contribution in [2.24, 2.45) is 0 Å². The van der Waals surface area contributed by atoms with Crippen LogP contribution in [0.1, 0.15) is 58.6 Å². The molecule has 1 aromatic rings. The van der Waals surface area contributed by atoms with Crippen LogP contribution in [-0.4, -0.2) is 8.75 Å². The molecule has 0 spiro atoms. The van der Waals surface area contributed by atoms with E-state index in [1.165, 1.54) is 43.8 Å². The Morgan fingerprint density at radius 1 is 1.29 bits per heavy atom. The molecule has 2 nitrogen and oxygen atoms in total. The van der Waals surface area contributed by atoms with Gasteiger partial charge in [-0.05, 0) is 6.42 Å². The largest absolute Gasteiger partial charge is 0.181 e. The van der Waals surface area contributed by atoms with Gasteiger partial charge in [0.15, 0.2) is 0 Å². The van der Waals surface area contributed by atoms with Crippen LogP contribution in [0.25, 0.3) is 0 Å². The summed E-state index contributed by atoms with van der Waals surface area (Å²) in [6.45, 7) is 6.76. The lowest BCUT2D eigenvalue weighted by atomic mass is 9.84. The molecule has 0 atom stereocenters. The minimum atomic E-state index is 0.209. The Balaban J connectivity index is 2.35. The predicted molar refractivity (Wildman–Crippen MR) is 61.7 cm³/mol. The van der Waals surface area contributed by atoms with E-state index in [0.29, 0.717) is 0 Å². The van der Waals surface area contributed by atoms with Gasteiger partial charge in [0.25, 0.3) is 0 Å². The first-order valence-corrected chi connectivity index (χ1v) is 6.18. The maximum Gasteiger partial charge on any atom is 0.0799 e. The third kappa shape index (κ3) is 3.37. The van der Waals surface area contributed by atoms with E-state index < -0.39 is 0 Å². The van der Waals surface area contributed by atoms with Crippen LogP contribution in [0, 0.1) is 0 Å². The fourth-order valence-corrected chi connectivity index (χ4v) is 2.16.